The molecule has 2 atom stereocenters. The molecule has 428 valence electrons. The lowest BCUT2D eigenvalue weighted by molar-refractivity contribution is -0.143. The lowest BCUT2D eigenvalue weighted by Gasteiger charge is -2.22. The molecule has 0 spiro atoms. The van der Waals surface area contributed by atoms with Crippen LogP contribution in [0.2, 0.25) is 0 Å². The predicted octanol–water partition coefficient (Wildman–Crippen LogP) is 20.8. The first-order valence-electron chi connectivity index (χ1n) is 32.9. The second kappa shape index (κ2) is 62.1. The lowest BCUT2D eigenvalue weighted by Crippen LogP contribution is -2.45. The number of carbonyl (C=O) groups excluding carboxylic acids is 2. The van der Waals surface area contributed by atoms with E-state index in [1.807, 2.05) is 0 Å². The Bertz CT molecular complexity index is 1080. The van der Waals surface area contributed by atoms with E-state index in [1.54, 1.807) is 0 Å². The van der Waals surface area contributed by atoms with Gasteiger partial charge in [-0.3, -0.25) is 9.59 Å². The summed E-state index contributed by atoms with van der Waals surface area (Å²) in [5, 5.41) is 23.3. The molecular weight excluding hydrogens is 887 g/mol. The molecule has 0 aliphatic heterocycles. The smallest absolute Gasteiger partial charge is 0.305 e. The Hall–Kier alpha value is -1.40. The molecule has 1 amide bonds. The van der Waals surface area contributed by atoms with Gasteiger partial charge in [-0.05, 0) is 51.4 Å². The average Bonchev–Trinajstić information content (AvgIpc) is 3.38. The van der Waals surface area contributed by atoms with Crippen molar-refractivity contribution >= 4 is 11.9 Å². The Morgan fingerprint density at radius 2 is 0.653 bits per heavy atom. The first kappa shape index (κ1) is 70.6. The summed E-state index contributed by atoms with van der Waals surface area (Å²) in [7, 11) is 0. The van der Waals surface area contributed by atoms with Crippen LogP contribution in [0.15, 0.2) is 12.2 Å². The third-order valence-corrected chi connectivity index (χ3v) is 15.6. The SMILES string of the molecule is CCCCCCCCCCCCCCCCCCCC(O)C(CO)NC(=O)CCCCCCCCC/C=C\CCCCCCCCCCCCCCOC(=O)CCCCCCCCCCCCCCCCC. The van der Waals surface area contributed by atoms with Gasteiger partial charge in [-0.15, -0.1) is 0 Å². The summed E-state index contributed by atoms with van der Waals surface area (Å²) in [5.74, 6) is -0.0225. The quantitative estimate of drug-likeness (QED) is 0.0320. The van der Waals surface area contributed by atoms with E-state index >= 15 is 0 Å². The van der Waals surface area contributed by atoms with Crippen LogP contribution in [0.3, 0.4) is 0 Å². The maximum absolute atomic E-state index is 12.5. The van der Waals surface area contributed by atoms with Crippen molar-refractivity contribution in [3.8, 4) is 0 Å². The van der Waals surface area contributed by atoms with Crippen LogP contribution < -0.4 is 5.32 Å². The molecule has 0 fully saturated rings. The van der Waals surface area contributed by atoms with Crippen molar-refractivity contribution in [1.29, 1.82) is 0 Å². The lowest BCUT2D eigenvalue weighted by atomic mass is 10.0. The molecule has 0 rings (SSSR count). The maximum Gasteiger partial charge on any atom is 0.305 e. The van der Waals surface area contributed by atoms with Crippen LogP contribution in [0.5, 0.6) is 0 Å². The summed E-state index contributed by atoms with van der Waals surface area (Å²) in [4.78, 5) is 24.6. The fraction of sp³-hybridized carbons (Fsp3) is 0.939. The second-order valence-corrected chi connectivity index (χ2v) is 22.8. The van der Waals surface area contributed by atoms with E-state index in [4.69, 9.17) is 4.74 Å². The van der Waals surface area contributed by atoms with Gasteiger partial charge < -0.3 is 20.3 Å². The van der Waals surface area contributed by atoms with Crippen molar-refractivity contribution in [2.45, 2.75) is 386 Å². The highest BCUT2D eigenvalue weighted by atomic mass is 16.5. The Morgan fingerprint density at radius 3 is 0.986 bits per heavy atom. The number of allylic oxidation sites excluding steroid dienone is 2. The molecule has 2 unspecified atom stereocenters. The predicted molar refractivity (Wildman–Crippen MR) is 315 cm³/mol. The zero-order valence-electron chi connectivity index (χ0n) is 48.9. The Kier molecular flexibility index (Phi) is 60.9. The van der Waals surface area contributed by atoms with E-state index in [-0.39, 0.29) is 18.5 Å². The van der Waals surface area contributed by atoms with Crippen LogP contribution in [0, 0.1) is 0 Å². The summed E-state index contributed by atoms with van der Waals surface area (Å²) in [6, 6.07) is -0.545. The van der Waals surface area contributed by atoms with Crippen molar-refractivity contribution < 1.29 is 24.5 Å². The van der Waals surface area contributed by atoms with E-state index < -0.39 is 12.1 Å². The van der Waals surface area contributed by atoms with Crippen LogP contribution >= 0.6 is 0 Å². The fourth-order valence-electron chi connectivity index (χ4n) is 10.5. The number of ether oxygens (including phenoxy) is 1. The Balaban J connectivity index is 3.39. The van der Waals surface area contributed by atoms with Crippen LogP contribution in [0.25, 0.3) is 0 Å². The van der Waals surface area contributed by atoms with Crippen molar-refractivity contribution in [2.75, 3.05) is 13.2 Å². The van der Waals surface area contributed by atoms with Crippen molar-refractivity contribution in [3.63, 3.8) is 0 Å². The number of unbranched alkanes of at least 4 members (excludes halogenated alkanes) is 49. The molecule has 72 heavy (non-hydrogen) atoms. The number of amides is 1. The average molecular weight is 1020 g/mol. The van der Waals surface area contributed by atoms with Gasteiger partial charge in [0.15, 0.2) is 0 Å². The molecule has 0 saturated carbocycles. The molecule has 0 aromatic heterocycles. The summed E-state index contributed by atoms with van der Waals surface area (Å²) in [5.41, 5.74) is 0. The van der Waals surface area contributed by atoms with Crippen molar-refractivity contribution in [3.05, 3.63) is 12.2 Å². The molecule has 0 saturated heterocycles. The number of nitrogens with one attached hydrogen (secondary N) is 1. The van der Waals surface area contributed by atoms with E-state index in [2.05, 4.69) is 31.3 Å². The second-order valence-electron chi connectivity index (χ2n) is 22.8. The standard InChI is InChI=1S/C66H129NO5/c1-3-5-7-9-11-13-15-17-19-27-31-34-38-42-46-50-54-58-64(69)63(62-68)67-65(70)59-55-51-47-43-39-35-32-28-25-23-21-20-22-24-26-29-33-37-41-45-49-53-57-61-72-66(71)60-56-52-48-44-40-36-30-18-16-14-12-10-8-6-4-2/h23,25,63-64,68-69H,3-22,24,26-62H2,1-2H3,(H,67,70)/b25-23-. The first-order valence-corrected chi connectivity index (χ1v) is 32.9. The molecule has 0 aromatic rings. The number of aliphatic hydroxyl groups is 2. The highest BCUT2D eigenvalue weighted by molar-refractivity contribution is 5.76. The minimum absolute atomic E-state index is 0.0153. The molecule has 3 N–H and O–H groups in total. The number of aliphatic hydroxyl groups excluding tert-OH is 2. The number of esters is 1. The van der Waals surface area contributed by atoms with Gasteiger partial charge in [0.05, 0.1) is 25.4 Å². The van der Waals surface area contributed by atoms with Gasteiger partial charge in [0.2, 0.25) is 5.91 Å². The zero-order chi connectivity index (χ0) is 52.2. The van der Waals surface area contributed by atoms with Gasteiger partial charge in [-0.1, -0.05) is 321 Å². The molecule has 0 aromatic carbocycles. The van der Waals surface area contributed by atoms with E-state index in [0.29, 0.717) is 25.9 Å². The first-order chi connectivity index (χ1) is 35.5. The van der Waals surface area contributed by atoms with Crippen molar-refractivity contribution in [2.24, 2.45) is 0 Å². The molecular formula is C66H129NO5. The summed E-state index contributed by atoms with van der Waals surface area (Å²) >= 11 is 0. The minimum Gasteiger partial charge on any atom is -0.466 e. The molecule has 6 heteroatoms. The molecule has 0 radical (unpaired) electrons. The highest BCUT2D eigenvalue weighted by Gasteiger charge is 2.20. The number of carbonyl (C=O) groups is 2. The normalized spacial score (nSPS) is 12.6. The van der Waals surface area contributed by atoms with Gasteiger partial charge in [-0.25, -0.2) is 0 Å². The molecule has 6 nitrogen and oxygen atoms in total. The Labute approximate surface area is 450 Å². The van der Waals surface area contributed by atoms with E-state index in [9.17, 15) is 19.8 Å². The Morgan fingerprint density at radius 1 is 0.375 bits per heavy atom. The largest absolute Gasteiger partial charge is 0.466 e. The van der Waals surface area contributed by atoms with E-state index in [0.717, 1.165) is 38.5 Å². The summed E-state index contributed by atoms with van der Waals surface area (Å²) in [6.07, 6.45) is 75.2. The zero-order valence-corrected chi connectivity index (χ0v) is 48.9. The molecule has 0 aliphatic rings. The fourth-order valence-corrected chi connectivity index (χ4v) is 10.5. The topological polar surface area (TPSA) is 95.9 Å². The van der Waals surface area contributed by atoms with Gasteiger partial charge in [0, 0.05) is 12.8 Å². The summed E-state index contributed by atoms with van der Waals surface area (Å²) < 4.78 is 5.49. The molecule has 0 heterocycles. The third-order valence-electron chi connectivity index (χ3n) is 15.6. The van der Waals surface area contributed by atoms with Crippen LogP contribution in [0.1, 0.15) is 373 Å². The molecule has 0 bridgehead atoms. The number of hydrogen-bond donors (Lipinski definition) is 3. The monoisotopic (exact) mass is 1020 g/mol. The third kappa shape index (κ3) is 57.9. The van der Waals surface area contributed by atoms with Gasteiger partial charge in [0.1, 0.15) is 0 Å². The number of rotatable bonds is 62. The van der Waals surface area contributed by atoms with Crippen LogP contribution in [0.4, 0.5) is 0 Å². The van der Waals surface area contributed by atoms with Gasteiger partial charge >= 0.3 is 5.97 Å². The van der Waals surface area contributed by atoms with E-state index in [1.165, 1.54) is 302 Å². The highest BCUT2D eigenvalue weighted by Crippen LogP contribution is 2.18. The molecule has 0 aliphatic carbocycles. The van der Waals surface area contributed by atoms with Crippen LogP contribution in [-0.4, -0.2) is 47.4 Å². The van der Waals surface area contributed by atoms with Gasteiger partial charge in [-0.2, -0.15) is 0 Å². The van der Waals surface area contributed by atoms with Crippen molar-refractivity contribution in [1.82, 2.24) is 5.32 Å². The van der Waals surface area contributed by atoms with Gasteiger partial charge in [0.25, 0.3) is 0 Å². The van der Waals surface area contributed by atoms with Crippen LogP contribution in [-0.2, 0) is 14.3 Å². The number of hydrogen-bond acceptors (Lipinski definition) is 5. The summed E-state index contributed by atoms with van der Waals surface area (Å²) in [6.45, 7) is 4.99. The maximum atomic E-state index is 12.5. The minimum atomic E-state index is -0.668.